The number of ketones is 1. The van der Waals surface area contributed by atoms with Gasteiger partial charge in [-0.25, -0.2) is 8.42 Å². The Hall–Kier alpha value is -0.100. The smallest absolute Gasteiger partial charge is 0.195 e. The SMILES string of the molecule is CC(Br)(C(=O)c1ccc(Cl)cc1Cl)S(C)(=O)=O. The summed E-state index contributed by atoms with van der Waals surface area (Å²) in [4.78, 5) is 12.1. The molecule has 0 saturated carbocycles. The molecule has 0 aliphatic heterocycles. The van der Waals surface area contributed by atoms with E-state index in [9.17, 15) is 13.2 Å². The molecular formula is C10H9BrCl2O3S. The topological polar surface area (TPSA) is 51.2 Å². The Kier molecular flexibility index (Phi) is 4.29. The average Bonchev–Trinajstić information content (AvgIpc) is 2.14. The van der Waals surface area contributed by atoms with Crippen LogP contribution in [0.25, 0.3) is 0 Å². The second kappa shape index (κ2) is 4.88. The quantitative estimate of drug-likeness (QED) is 0.614. The molecule has 7 heteroatoms. The lowest BCUT2D eigenvalue weighted by Gasteiger charge is -2.19. The predicted octanol–water partition coefficient (Wildman–Crippen LogP) is 3.33. The van der Waals surface area contributed by atoms with Crippen LogP contribution in [0.1, 0.15) is 17.3 Å². The molecule has 0 heterocycles. The molecule has 0 aliphatic carbocycles. The van der Waals surface area contributed by atoms with Gasteiger partial charge in [-0.05, 0) is 25.1 Å². The van der Waals surface area contributed by atoms with E-state index in [1.54, 1.807) is 0 Å². The van der Waals surface area contributed by atoms with Gasteiger partial charge in [0.2, 0.25) is 0 Å². The number of carbonyl (C=O) groups is 1. The van der Waals surface area contributed by atoms with Gasteiger partial charge in [-0.15, -0.1) is 0 Å². The number of hydrogen-bond donors (Lipinski definition) is 0. The summed E-state index contributed by atoms with van der Waals surface area (Å²) >= 11 is 14.5. The highest BCUT2D eigenvalue weighted by molar-refractivity contribution is 9.12. The van der Waals surface area contributed by atoms with E-state index >= 15 is 0 Å². The highest BCUT2D eigenvalue weighted by atomic mass is 79.9. The fourth-order valence-electron chi connectivity index (χ4n) is 1.08. The van der Waals surface area contributed by atoms with Gasteiger partial charge in [0.25, 0.3) is 0 Å². The van der Waals surface area contributed by atoms with Crippen molar-refractivity contribution in [1.82, 2.24) is 0 Å². The third-order valence-electron chi connectivity index (χ3n) is 2.28. The first-order valence-electron chi connectivity index (χ1n) is 4.45. The molecule has 1 aromatic carbocycles. The molecule has 94 valence electrons. The van der Waals surface area contributed by atoms with Crippen LogP contribution in [-0.4, -0.2) is 24.1 Å². The van der Waals surface area contributed by atoms with Gasteiger partial charge in [-0.1, -0.05) is 39.1 Å². The van der Waals surface area contributed by atoms with E-state index in [4.69, 9.17) is 23.2 Å². The van der Waals surface area contributed by atoms with Gasteiger partial charge in [0, 0.05) is 16.8 Å². The summed E-state index contributed by atoms with van der Waals surface area (Å²) in [6, 6.07) is 4.27. The minimum absolute atomic E-state index is 0.112. The highest BCUT2D eigenvalue weighted by Crippen LogP contribution is 2.32. The van der Waals surface area contributed by atoms with Crippen LogP contribution in [0.4, 0.5) is 0 Å². The van der Waals surface area contributed by atoms with Crippen molar-refractivity contribution in [1.29, 1.82) is 0 Å². The van der Waals surface area contributed by atoms with Crippen LogP contribution in [0, 0.1) is 0 Å². The zero-order valence-corrected chi connectivity index (χ0v) is 12.9. The molecule has 1 unspecified atom stereocenters. The highest BCUT2D eigenvalue weighted by Gasteiger charge is 2.41. The lowest BCUT2D eigenvalue weighted by atomic mass is 10.1. The van der Waals surface area contributed by atoms with Crippen LogP contribution in [0.5, 0.6) is 0 Å². The average molecular weight is 360 g/mol. The number of carbonyl (C=O) groups excluding carboxylic acids is 1. The molecule has 0 fully saturated rings. The van der Waals surface area contributed by atoms with Crippen molar-refractivity contribution in [3.63, 3.8) is 0 Å². The van der Waals surface area contributed by atoms with Crippen molar-refractivity contribution in [3.05, 3.63) is 33.8 Å². The lowest BCUT2D eigenvalue weighted by molar-refractivity contribution is 0.0983. The third kappa shape index (κ3) is 3.02. The van der Waals surface area contributed by atoms with E-state index in [-0.39, 0.29) is 10.6 Å². The van der Waals surface area contributed by atoms with Crippen LogP contribution in [0.15, 0.2) is 18.2 Å². The molecule has 0 spiro atoms. The zero-order valence-electron chi connectivity index (χ0n) is 9.00. The Balaban J connectivity index is 3.32. The Morgan fingerprint density at radius 1 is 1.35 bits per heavy atom. The summed E-state index contributed by atoms with van der Waals surface area (Å²) in [6.07, 6.45) is 0.976. The molecule has 0 bridgehead atoms. The Morgan fingerprint density at radius 2 is 1.88 bits per heavy atom. The number of benzene rings is 1. The number of Topliss-reactive ketones (excluding diaryl/α,β-unsaturated/α-hetero) is 1. The first-order valence-corrected chi connectivity index (χ1v) is 7.90. The van der Waals surface area contributed by atoms with Gasteiger partial charge in [-0.2, -0.15) is 0 Å². The zero-order chi connectivity index (χ0) is 13.4. The van der Waals surface area contributed by atoms with Crippen LogP contribution in [0.3, 0.4) is 0 Å². The molecular weight excluding hydrogens is 351 g/mol. The summed E-state index contributed by atoms with van der Waals surface area (Å²) in [5.74, 6) is -0.623. The normalized spacial score (nSPS) is 15.4. The number of sulfone groups is 1. The molecule has 1 aromatic rings. The summed E-state index contributed by atoms with van der Waals surface area (Å²) in [6.45, 7) is 1.27. The largest absolute Gasteiger partial charge is 0.291 e. The van der Waals surface area contributed by atoms with Gasteiger partial charge in [0.15, 0.2) is 19.3 Å². The molecule has 0 aromatic heterocycles. The Bertz CT molecular complexity index is 567. The number of hydrogen-bond acceptors (Lipinski definition) is 3. The van der Waals surface area contributed by atoms with E-state index in [0.717, 1.165) is 6.26 Å². The van der Waals surface area contributed by atoms with E-state index in [1.807, 2.05) is 0 Å². The van der Waals surface area contributed by atoms with Crippen molar-refractivity contribution in [3.8, 4) is 0 Å². The van der Waals surface area contributed by atoms with Crippen molar-refractivity contribution < 1.29 is 13.2 Å². The first-order chi connectivity index (χ1) is 7.57. The molecule has 17 heavy (non-hydrogen) atoms. The molecule has 3 nitrogen and oxygen atoms in total. The van der Waals surface area contributed by atoms with Crippen molar-refractivity contribution >= 4 is 54.8 Å². The van der Waals surface area contributed by atoms with Crippen molar-refractivity contribution in [2.45, 2.75) is 10.6 Å². The van der Waals surface area contributed by atoms with Crippen molar-refractivity contribution in [2.24, 2.45) is 0 Å². The summed E-state index contributed by atoms with van der Waals surface area (Å²) in [7, 11) is -3.60. The van der Waals surface area contributed by atoms with Crippen LogP contribution >= 0.6 is 39.1 Å². The maximum atomic E-state index is 12.1. The van der Waals surface area contributed by atoms with Crippen LogP contribution in [0.2, 0.25) is 10.0 Å². The fourth-order valence-corrected chi connectivity index (χ4v) is 2.24. The monoisotopic (exact) mass is 358 g/mol. The number of alkyl halides is 1. The van der Waals surface area contributed by atoms with Crippen molar-refractivity contribution in [2.75, 3.05) is 6.26 Å². The number of rotatable bonds is 3. The first kappa shape index (κ1) is 15.0. The summed E-state index contributed by atoms with van der Waals surface area (Å²) in [5.41, 5.74) is 0.112. The van der Waals surface area contributed by atoms with E-state index < -0.39 is 19.3 Å². The van der Waals surface area contributed by atoms with Gasteiger partial charge >= 0.3 is 0 Å². The molecule has 0 amide bonds. The van der Waals surface area contributed by atoms with Gasteiger partial charge in [0.05, 0.1) is 5.02 Å². The summed E-state index contributed by atoms with van der Waals surface area (Å²) < 4.78 is 21.3. The fraction of sp³-hybridized carbons (Fsp3) is 0.300. The molecule has 0 N–H and O–H groups in total. The summed E-state index contributed by atoms with van der Waals surface area (Å²) in [5, 5.41) is 0.499. The van der Waals surface area contributed by atoms with Gasteiger partial charge in [-0.3, -0.25) is 4.79 Å². The van der Waals surface area contributed by atoms with E-state index in [1.165, 1.54) is 25.1 Å². The minimum atomic E-state index is -3.60. The minimum Gasteiger partial charge on any atom is -0.291 e. The molecule has 0 aliphatic rings. The van der Waals surface area contributed by atoms with Crippen LogP contribution in [-0.2, 0) is 9.84 Å². The second-order valence-electron chi connectivity index (χ2n) is 3.64. The maximum absolute atomic E-state index is 12.1. The molecule has 0 saturated heterocycles. The molecule has 0 radical (unpaired) electrons. The lowest BCUT2D eigenvalue weighted by Crippen LogP contribution is -2.37. The Morgan fingerprint density at radius 3 is 2.29 bits per heavy atom. The van der Waals surface area contributed by atoms with E-state index in [0.29, 0.717) is 5.02 Å². The number of halogens is 3. The molecule has 1 rings (SSSR count). The third-order valence-corrected chi connectivity index (χ3v) is 6.53. The van der Waals surface area contributed by atoms with Crippen LogP contribution < -0.4 is 0 Å². The predicted molar refractivity (Wildman–Crippen MR) is 73.0 cm³/mol. The van der Waals surface area contributed by atoms with Gasteiger partial charge < -0.3 is 0 Å². The van der Waals surface area contributed by atoms with E-state index in [2.05, 4.69) is 15.9 Å². The Labute approximate surface area is 118 Å². The van der Waals surface area contributed by atoms with Gasteiger partial charge in [0.1, 0.15) is 0 Å². The second-order valence-corrected chi connectivity index (χ2v) is 8.96. The molecule has 1 atom stereocenters. The standard InChI is InChI=1S/C10H9BrCl2O3S/c1-10(11,17(2,15)16)9(14)7-4-3-6(12)5-8(7)13/h3-5H,1-2H3. The maximum Gasteiger partial charge on any atom is 0.195 e.